The van der Waals surface area contributed by atoms with E-state index in [1.165, 1.54) is 21.1 Å². The molecule has 0 fully saturated rings. The highest BCUT2D eigenvalue weighted by Crippen LogP contribution is 2.37. The molecule has 2 atom stereocenters. The third kappa shape index (κ3) is 8.79. The fourth-order valence-corrected chi connectivity index (χ4v) is 4.17. The second kappa shape index (κ2) is 15.1. The summed E-state index contributed by atoms with van der Waals surface area (Å²) in [6.45, 7) is 0.932. The van der Waals surface area contributed by atoms with E-state index < -0.39 is 46.3 Å². The topological polar surface area (TPSA) is 184 Å². The van der Waals surface area contributed by atoms with Crippen LogP contribution < -0.4 is 0 Å². The van der Waals surface area contributed by atoms with E-state index in [-0.39, 0.29) is 48.5 Å². The van der Waals surface area contributed by atoms with Gasteiger partial charge in [-0.15, -0.1) is 20.2 Å². The van der Waals surface area contributed by atoms with Crippen LogP contribution in [0.4, 0.5) is 0 Å². The van der Waals surface area contributed by atoms with Crippen molar-refractivity contribution in [3.63, 3.8) is 0 Å². The average Bonchev–Trinajstić information content (AvgIpc) is 2.90. The summed E-state index contributed by atoms with van der Waals surface area (Å²) in [5.74, 6) is -2.49. The van der Waals surface area contributed by atoms with E-state index in [9.17, 15) is 34.6 Å². The fourth-order valence-electron chi connectivity index (χ4n) is 4.17. The lowest BCUT2D eigenvalue weighted by molar-refractivity contribution is -0.790. The largest absolute Gasteiger partial charge is 0.489 e. The number of nitrogens with zero attached hydrogens (tertiary/aromatic N) is 2. The molecule has 14 nitrogen and oxygen atoms in total. The third-order valence-electron chi connectivity index (χ3n) is 5.99. The van der Waals surface area contributed by atoms with Crippen LogP contribution in [0.1, 0.15) is 50.5 Å². The first-order valence-corrected chi connectivity index (χ1v) is 12.0. The molecular formula is C25H30N2O12. The standard InChI is InChI=1S/C25H30N2O12/c1-16-21(23(30)25(36-3)24(35-2)22(16)29)19(17-9-5-4-6-10-17)12-13-20(28)37-14-8-7-11-18(39-27(33)34)15-38-26(31)32/h4-6,9-10,18-19H,7-8,11-15H2,1-3H3. The molecular weight excluding hydrogens is 520 g/mol. The van der Waals surface area contributed by atoms with Crippen LogP contribution in [0.25, 0.3) is 0 Å². The molecule has 0 aromatic heterocycles. The summed E-state index contributed by atoms with van der Waals surface area (Å²) in [5, 5.41) is 18.7. The fraction of sp³-hybridized carbons (Fsp3) is 0.480. The Balaban J connectivity index is 2.00. The number of benzene rings is 1. The lowest BCUT2D eigenvalue weighted by Gasteiger charge is -2.26. The van der Waals surface area contributed by atoms with Crippen LogP contribution in [0.15, 0.2) is 53.0 Å². The number of hydrogen-bond acceptors (Lipinski definition) is 12. The number of rotatable bonds is 17. The Morgan fingerprint density at radius 3 is 2.15 bits per heavy atom. The van der Waals surface area contributed by atoms with E-state index in [1.54, 1.807) is 30.3 Å². The normalized spacial score (nSPS) is 14.9. The molecule has 2 rings (SSSR count). The maximum atomic E-state index is 13.3. The van der Waals surface area contributed by atoms with Crippen molar-refractivity contribution in [3.05, 3.63) is 78.8 Å². The Bertz CT molecular complexity index is 1130. The summed E-state index contributed by atoms with van der Waals surface area (Å²) in [7, 11) is 2.55. The van der Waals surface area contributed by atoms with Crippen molar-refractivity contribution in [2.75, 3.05) is 27.4 Å². The molecule has 1 aromatic carbocycles. The molecule has 0 amide bonds. The van der Waals surface area contributed by atoms with Crippen LogP contribution in [-0.4, -0.2) is 61.2 Å². The number of Topliss-reactive ketones (excluding diaryl/α,β-unsaturated/α-hetero) is 2. The molecule has 14 heteroatoms. The smallest absolute Gasteiger partial charge is 0.305 e. The number of carbonyl (C=O) groups is 3. The molecule has 0 N–H and O–H groups in total. The summed E-state index contributed by atoms with van der Waals surface area (Å²) in [4.78, 5) is 68.0. The summed E-state index contributed by atoms with van der Waals surface area (Å²) in [5.41, 5.74) is 1.14. The lowest BCUT2D eigenvalue weighted by atomic mass is 9.79. The second-order valence-electron chi connectivity index (χ2n) is 8.45. The first-order chi connectivity index (χ1) is 18.6. The van der Waals surface area contributed by atoms with E-state index in [4.69, 9.17) is 14.2 Å². The minimum absolute atomic E-state index is 0.00299. The van der Waals surface area contributed by atoms with Gasteiger partial charge in [0, 0.05) is 23.5 Å². The molecule has 0 spiro atoms. The molecule has 1 aliphatic carbocycles. The van der Waals surface area contributed by atoms with Gasteiger partial charge >= 0.3 is 5.97 Å². The Kier molecular flexibility index (Phi) is 11.9. The molecule has 212 valence electrons. The molecule has 1 aromatic rings. The summed E-state index contributed by atoms with van der Waals surface area (Å²) >= 11 is 0. The third-order valence-corrected chi connectivity index (χ3v) is 5.99. The van der Waals surface area contributed by atoms with Crippen LogP contribution in [-0.2, 0) is 38.3 Å². The van der Waals surface area contributed by atoms with Crippen LogP contribution >= 0.6 is 0 Å². The molecule has 0 saturated heterocycles. The first kappa shape index (κ1) is 30.7. The molecule has 2 unspecified atom stereocenters. The maximum Gasteiger partial charge on any atom is 0.305 e. The van der Waals surface area contributed by atoms with Crippen LogP contribution in [0.5, 0.6) is 0 Å². The molecule has 0 aliphatic heterocycles. The van der Waals surface area contributed by atoms with Gasteiger partial charge in [0.1, 0.15) is 12.7 Å². The Hall–Kier alpha value is -4.49. The highest BCUT2D eigenvalue weighted by Gasteiger charge is 2.38. The van der Waals surface area contributed by atoms with E-state index in [2.05, 4.69) is 9.68 Å². The summed E-state index contributed by atoms with van der Waals surface area (Å²) in [6, 6.07) is 8.96. The summed E-state index contributed by atoms with van der Waals surface area (Å²) < 4.78 is 15.5. The zero-order chi connectivity index (χ0) is 28.9. The van der Waals surface area contributed by atoms with Gasteiger partial charge in [-0.3, -0.25) is 14.4 Å². The number of unbranched alkanes of at least 4 members (excludes halogenated alkanes) is 1. The molecule has 0 heterocycles. The Morgan fingerprint density at radius 2 is 1.56 bits per heavy atom. The van der Waals surface area contributed by atoms with E-state index >= 15 is 0 Å². The van der Waals surface area contributed by atoms with Crippen molar-refractivity contribution in [3.8, 4) is 0 Å². The van der Waals surface area contributed by atoms with Crippen molar-refractivity contribution < 1.29 is 48.4 Å². The number of methoxy groups -OCH3 is 2. The molecule has 0 saturated carbocycles. The maximum absolute atomic E-state index is 13.3. The number of allylic oxidation sites excluding steroid dienone is 2. The van der Waals surface area contributed by atoms with E-state index in [0.717, 1.165) is 5.56 Å². The molecule has 39 heavy (non-hydrogen) atoms. The van der Waals surface area contributed by atoms with E-state index in [1.807, 2.05) is 0 Å². The van der Waals surface area contributed by atoms with Gasteiger partial charge in [-0.05, 0) is 38.2 Å². The van der Waals surface area contributed by atoms with Crippen molar-refractivity contribution in [2.45, 2.75) is 51.0 Å². The van der Waals surface area contributed by atoms with Gasteiger partial charge in [-0.2, -0.15) is 0 Å². The highest BCUT2D eigenvalue weighted by molar-refractivity contribution is 6.24. The van der Waals surface area contributed by atoms with Crippen LogP contribution in [0.3, 0.4) is 0 Å². The number of ketones is 2. The van der Waals surface area contributed by atoms with Crippen molar-refractivity contribution in [1.29, 1.82) is 0 Å². The Morgan fingerprint density at radius 1 is 0.923 bits per heavy atom. The van der Waals surface area contributed by atoms with Crippen molar-refractivity contribution >= 4 is 17.5 Å². The van der Waals surface area contributed by atoms with Gasteiger partial charge in [-0.25, -0.2) is 0 Å². The minimum Gasteiger partial charge on any atom is -0.489 e. The Labute approximate surface area is 223 Å². The van der Waals surface area contributed by atoms with Gasteiger partial charge in [0.2, 0.25) is 23.1 Å². The predicted octanol–water partition coefficient (Wildman–Crippen LogP) is 3.02. The van der Waals surface area contributed by atoms with Crippen molar-refractivity contribution in [2.24, 2.45) is 0 Å². The van der Waals surface area contributed by atoms with Crippen molar-refractivity contribution in [1.82, 2.24) is 0 Å². The molecule has 0 radical (unpaired) electrons. The first-order valence-electron chi connectivity index (χ1n) is 12.0. The van der Waals surface area contributed by atoms with Gasteiger partial charge < -0.3 is 23.9 Å². The van der Waals surface area contributed by atoms with Gasteiger partial charge in [0.25, 0.3) is 10.2 Å². The lowest BCUT2D eigenvalue weighted by Crippen LogP contribution is -2.28. The molecule has 1 aliphatic rings. The monoisotopic (exact) mass is 550 g/mol. The summed E-state index contributed by atoms with van der Waals surface area (Å²) in [6.07, 6.45) is -0.316. The van der Waals surface area contributed by atoms with Crippen LogP contribution in [0, 0.1) is 20.2 Å². The average molecular weight is 551 g/mol. The number of carbonyl (C=O) groups excluding carboxylic acids is 3. The predicted molar refractivity (Wildman–Crippen MR) is 132 cm³/mol. The number of esters is 1. The molecule has 0 bridgehead atoms. The zero-order valence-corrected chi connectivity index (χ0v) is 21.8. The highest BCUT2D eigenvalue weighted by atomic mass is 17.0. The van der Waals surface area contributed by atoms with Gasteiger partial charge in [0.05, 0.1) is 20.8 Å². The van der Waals surface area contributed by atoms with Crippen LogP contribution in [0.2, 0.25) is 0 Å². The SMILES string of the molecule is COC1=C(OC)C(=O)C(C(CCC(=O)OCCCCC(CO[N+](=O)[O-])O[N+](=O)[O-])c2ccccc2)=C(C)C1=O. The quantitative estimate of drug-likeness (QED) is 0.0909. The van der Waals surface area contributed by atoms with Gasteiger partial charge in [-0.1, -0.05) is 30.3 Å². The zero-order valence-electron chi connectivity index (χ0n) is 21.8. The second-order valence-corrected chi connectivity index (χ2v) is 8.45. The number of hydrogen-bond donors (Lipinski definition) is 0. The number of ether oxygens (including phenoxy) is 3. The van der Waals surface area contributed by atoms with E-state index in [0.29, 0.717) is 12.8 Å². The minimum atomic E-state index is -1.13. The van der Waals surface area contributed by atoms with Gasteiger partial charge in [0.15, 0.2) is 0 Å².